The Labute approximate surface area is 188 Å². The summed E-state index contributed by atoms with van der Waals surface area (Å²) in [6.45, 7) is 1.44. The number of ketones is 3. The maximum atomic E-state index is 12.9. The quantitative estimate of drug-likeness (QED) is 0.364. The highest BCUT2D eigenvalue weighted by Crippen LogP contribution is 2.18. The number of hydrogen-bond acceptors (Lipinski definition) is 4. The summed E-state index contributed by atoms with van der Waals surface area (Å²) in [6.07, 6.45) is 2.06. The third kappa shape index (κ3) is 8.87. The lowest BCUT2D eigenvalue weighted by atomic mass is 10.1. The van der Waals surface area contributed by atoms with Crippen LogP contribution in [0.25, 0.3) is 0 Å². The molecule has 0 aliphatic rings. The van der Waals surface area contributed by atoms with Gasteiger partial charge < -0.3 is 9.90 Å². The minimum absolute atomic E-state index is 0.0236. The molecule has 0 unspecified atom stereocenters. The standard InChI is InChI=1S/C11H10BrFO2.C10H6BrFO3/c1-7(14)2-5-11(15)8-3-4-10(13)9(12)6-8;11-7-5-6(1-2-8(7)12)9(13)3-4-10(14)15/h3-4,6H,2,5H2,1H3;1-5H,(H,14,15)/b;4-3+. The van der Waals surface area contributed by atoms with Gasteiger partial charge in [0.2, 0.25) is 0 Å². The normalized spacial score (nSPS) is 10.3. The number of hydrogen-bond donors (Lipinski definition) is 1. The van der Waals surface area contributed by atoms with Gasteiger partial charge in [-0.05, 0) is 81.3 Å². The van der Waals surface area contributed by atoms with E-state index in [0.29, 0.717) is 5.56 Å². The van der Waals surface area contributed by atoms with Crippen LogP contribution in [-0.4, -0.2) is 28.4 Å². The maximum Gasteiger partial charge on any atom is 0.328 e. The molecule has 0 aromatic heterocycles. The number of carboxylic acids is 1. The molecule has 0 saturated heterocycles. The van der Waals surface area contributed by atoms with Crippen molar-refractivity contribution < 1.29 is 33.1 Å². The van der Waals surface area contributed by atoms with Crippen LogP contribution in [0.2, 0.25) is 0 Å². The third-order valence-electron chi connectivity index (χ3n) is 3.53. The zero-order valence-corrected chi connectivity index (χ0v) is 18.8. The second kappa shape index (κ2) is 12.2. The zero-order chi connectivity index (χ0) is 22.8. The Morgan fingerprint density at radius 3 is 1.83 bits per heavy atom. The van der Waals surface area contributed by atoms with Gasteiger partial charge in [-0.1, -0.05) is 0 Å². The number of carboxylic acid groups (broad SMARTS) is 1. The highest BCUT2D eigenvalue weighted by atomic mass is 79.9. The third-order valence-corrected chi connectivity index (χ3v) is 4.74. The monoisotopic (exact) mass is 544 g/mol. The van der Waals surface area contributed by atoms with E-state index < -0.39 is 23.4 Å². The number of Topliss-reactive ketones (excluding diaryl/α,β-unsaturated/α-hetero) is 2. The van der Waals surface area contributed by atoms with Crippen molar-refractivity contribution in [1.29, 1.82) is 0 Å². The van der Waals surface area contributed by atoms with E-state index in [1.165, 1.54) is 37.3 Å². The predicted octanol–water partition coefficient (Wildman–Crippen LogP) is 5.55. The van der Waals surface area contributed by atoms with Crippen LogP contribution < -0.4 is 0 Å². The molecule has 0 aliphatic carbocycles. The number of carbonyl (C=O) groups is 4. The van der Waals surface area contributed by atoms with Gasteiger partial charge in [-0.15, -0.1) is 0 Å². The van der Waals surface area contributed by atoms with Gasteiger partial charge in [-0.2, -0.15) is 0 Å². The molecular weight excluding hydrogens is 530 g/mol. The summed E-state index contributed by atoms with van der Waals surface area (Å²) in [6, 6.07) is 7.79. The van der Waals surface area contributed by atoms with Gasteiger partial charge in [0.1, 0.15) is 17.4 Å². The summed E-state index contributed by atoms with van der Waals surface area (Å²) in [7, 11) is 0. The summed E-state index contributed by atoms with van der Waals surface area (Å²) in [5, 5.41) is 8.30. The maximum absolute atomic E-state index is 12.9. The number of aliphatic carboxylic acids is 1. The molecule has 0 amide bonds. The van der Waals surface area contributed by atoms with Gasteiger partial charge in [0, 0.05) is 30.0 Å². The number of halogens is 4. The van der Waals surface area contributed by atoms with Crippen molar-refractivity contribution in [2.24, 2.45) is 0 Å². The van der Waals surface area contributed by atoms with E-state index in [4.69, 9.17) is 5.11 Å². The average Bonchev–Trinajstić information content (AvgIpc) is 2.68. The van der Waals surface area contributed by atoms with Crippen molar-refractivity contribution in [2.45, 2.75) is 19.8 Å². The molecule has 0 bridgehead atoms. The predicted molar refractivity (Wildman–Crippen MR) is 114 cm³/mol. The van der Waals surface area contributed by atoms with E-state index in [0.717, 1.165) is 18.2 Å². The Kier molecular flexibility index (Phi) is 10.4. The van der Waals surface area contributed by atoms with Crippen molar-refractivity contribution in [1.82, 2.24) is 0 Å². The minimum Gasteiger partial charge on any atom is -0.478 e. The Morgan fingerprint density at radius 1 is 0.867 bits per heavy atom. The Bertz CT molecular complexity index is 1000. The Hall–Kier alpha value is -2.52. The lowest BCUT2D eigenvalue weighted by molar-refractivity contribution is -0.131. The number of rotatable bonds is 7. The van der Waals surface area contributed by atoms with Gasteiger partial charge in [0.05, 0.1) is 8.95 Å². The van der Waals surface area contributed by atoms with Gasteiger partial charge >= 0.3 is 5.97 Å². The molecule has 0 heterocycles. The van der Waals surface area contributed by atoms with Gasteiger partial charge in [-0.3, -0.25) is 9.59 Å². The summed E-state index contributed by atoms with van der Waals surface area (Å²) in [4.78, 5) is 43.7. The van der Waals surface area contributed by atoms with Crippen LogP contribution in [0.3, 0.4) is 0 Å². The summed E-state index contributed by atoms with van der Waals surface area (Å²) >= 11 is 5.93. The molecule has 30 heavy (non-hydrogen) atoms. The molecule has 2 rings (SSSR count). The highest BCUT2D eigenvalue weighted by molar-refractivity contribution is 9.10. The lowest BCUT2D eigenvalue weighted by Crippen LogP contribution is -2.02. The molecule has 2 aromatic rings. The molecule has 0 spiro atoms. The van der Waals surface area contributed by atoms with Crippen LogP contribution in [-0.2, 0) is 9.59 Å². The first-order valence-corrected chi connectivity index (χ1v) is 9.98. The fourth-order valence-corrected chi connectivity index (χ4v) is 2.75. The van der Waals surface area contributed by atoms with Crippen LogP contribution in [0.4, 0.5) is 8.78 Å². The van der Waals surface area contributed by atoms with Crippen LogP contribution in [0.1, 0.15) is 40.5 Å². The van der Waals surface area contributed by atoms with E-state index in [1.54, 1.807) is 0 Å². The van der Waals surface area contributed by atoms with E-state index in [2.05, 4.69) is 31.9 Å². The average molecular weight is 546 g/mol. The molecule has 0 atom stereocenters. The van der Waals surface area contributed by atoms with E-state index in [1.807, 2.05) is 0 Å². The van der Waals surface area contributed by atoms with Crippen LogP contribution >= 0.6 is 31.9 Å². The first kappa shape index (κ1) is 25.5. The molecule has 0 radical (unpaired) electrons. The second-order valence-corrected chi connectivity index (χ2v) is 7.63. The van der Waals surface area contributed by atoms with Crippen molar-refractivity contribution >= 4 is 55.2 Å². The number of carbonyl (C=O) groups excluding carboxylic acids is 3. The number of benzene rings is 2. The molecular formula is C21H16Br2F2O5. The first-order chi connectivity index (χ1) is 14.0. The van der Waals surface area contributed by atoms with Crippen molar-refractivity contribution in [3.05, 3.63) is 80.3 Å². The minimum atomic E-state index is -1.20. The van der Waals surface area contributed by atoms with Gasteiger partial charge in [0.15, 0.2) is 11.6 Å². The SMILES string of the molecule is CC(=O)CCC(=O)c1ccc(F)c(Br)c1.O=C(O)/C=C/C(=O)c1ccc(F)c(Br)c1. The summed E-state index contributed by atoms with van der Waals surface area (Å²) in [5.41, 5.74) is 0.644. The van der Waals surface area contributed by atoms with E-state index in [9.17, 15) is 28.0 Å². The van der Waals surface area contributed by atoms with Crippen LogP contribution in [0.15, 0.2) is 57.5 Å². The molecule has 2 aromatic carbocycles. The largest absolute Gasteiger partial charge is 0.478 e. The van der Waals surface area contributed by atoms with E-state index >= 15 is 0 Å². The molecule has 0 aliphatic heterocycles. The fraction of sp³-hybridized carbons (Fsp3) is 0.143. The molecule has 0 fully saturated rings. The Balaban J connectivity index is 0.000000300. The molecule has 1 N–H and O–H groups in total. The second-order valence-electron chi connectivity index (χ2n) is 5.92. The first-order valence-electron chi connectivity index (χ1n) is 8.39. The van der Waals surface area contributed by atoms with Crippen molar-refractivity contribution in [3.8, 4) is 0 Å². The highest BCUT2D eigenvalue weighted by Gasteiger charge is 2.09. The smallest absolute Gasteiger partial charge is 0.328 e. The topological polar surface area (TPSA) is 88.5 Å². The van der Waals surface area contributed by atoms with Crippen molar-refractivity contribution in [3.63, 3.8) is 0 Å². The van der Waals surface area contributed by atoms with E-state index in [-0.39, 0.29) is 38.9 Å². The molecule has 9 heteroatoms. The summed E-state index contributed by atoms with van der Waals surface area (Å²) < 4.78 is 26.1. The molecule has 0 saturated carbocycles. The molecule has 5 nitrogen and oxygen atoms in total. The fourth-order valence-electron chi connectivity index (χ4n) is 2.00. The summed E-state index contributed by atoms with van der Waals surface area (Å²) in [5.74, 6) is -2.75. The van der Waals surface area contributed by atoms with Gasteiger partial charge in [0.25, 0.3) is 0 Å². The zero-order valence-electron chi connectivity index (χ0n) is 15.6. The lowest BCUT2D eigenvalue weighted by Gasteiger charge is -2.01. The van der Waals surface area contributed by atoms with Crippen LogP contribution in [0, 0.1) is 11.6 Å². The van der Waals surface area contributed by atoms with Crippen molar-refractivity contribution in [2.75, 3.05) is 0 Å². The Morgan fingerprint density at radius 2 is 1.37 bits per heavy atom. The number of allylic oxidation sites excluding steroid dienone is 1. The van der Waals surface area contributed by atoms with Gasteiger partial charge in [-0.25, -0.2) is 13.6 Å². The van der Waals surface area contributed by atoms with Crippen LogP contribution in [0.5, 0.6) is 0 Å². The molecule has 158 valence electrons.